The van der Waals surface area contributed by atoms with Crippen LogP contribution >= 0.6 is 11.6 Å². The maximum Gasteiger partial charge on any atom is 0.268 e. The normalized spacial score (nSPS) is 15.4. The van der Waals surface area contributed by atoms with Crippen molar-refractivity contribution in [1.29, 1.82) is 0 Å². The van der Waals surface area contributed by atoms with Gasteiger partial charge in [0.1, 0.15) is 17.2 Å². The number of ether oxygens (including phenoxy) is 4. The van der Waals surface area contributed by atoms with Crippen LogP contribution in [-0.4, -0.2) is 47.6 Å². The van der Waals surface area contributed by atoms with Crippen molar-refractivity contribution in [1.82, 2.24) is 19.8 Å². The Labute approximate surface area is 290 Å². The number of hydrogen-bond donors (Lipinski definition) is 2. The number of nitrogens with one attached hydrogen (secondary N) is 2. The number of benzene rings is 4. The lowest BCUT2D eigenvalue weighted by Gasteiger charge is -2.18. The smallest absolute Gasteiger partial charge is 0.268 e. The molecule has 0 spiro atoms. The van der Waals surface area contributed by atoms with Gasteiger partial charge in [-0.05, 0) is 84.6 Å². The van der Waals surface area contributed by atoms with Gasteiger partial charge in [-0.1, -0.05) is 23.7 Å². The second kappa shape index (κ2) is 11.4. The van der Waals surface area contributed by atoms with Crippen LogP contribution in [0.5, 0.6) is 23.0 Å². The lowest BCUT2D eigenvalue weighted by atomic mass is 10.0. The molecule has 0 fully saturated rings. The van der Waals surface area contributed by atoms with Gasteiger partial charge in [0.2, 0.25) is 13.6 Å². The minimum Gasteiger partial charge on any atom is -0.454 e. The third-order valence-electron chi connectivity index (χ3n) is 9.79. The van der Waals surface area contributed by atoms with Crippen molar-refractivity contribution in [3.05, 3.63) is 94.0 Å². The first-order valence-electron chi connectivity index (χ1n) is 16.3. The molecular formula is C38H30ClFN4O6. The van der Waals surface area contributed by atoms with Gasteiger partial charge in [0, 0.05) is 53.1 Å². The van der Waals surface area contributed by atoms with Gasteiger partial charge < -0.3 is 38.7 Å². The van der Waals surface area contributed by atoms with E-state index in [1.54, 1.807) is 0 Å². The Morgan fingerprint density at radius 1 is 0.640 bits per heavy atom. The number of hydrogen-bond acceptors (Lipinski definition) is 6. The maximum absolute atomic E-state index is 14.3. The van der Waals surface area contributed by atoms with Crippen molar-refractivity contribution in [3.63, 3.8) is 0 Å². The summed E-state index contributed by atoms with van der Waals surface area (Å²) in [7, 11) is 0. The molecule has 12 heteroatoms. The summed E-state index contributed by atoms with van der Waals surface area (Å²) in [4.78, 5) is 24.7. The van der Waals surface area contributed by atoms with Gasteiger partial charge in [0.05, 0.1) is 11.0 Å². The molecule has 0 radical (unpaired) electrons. The third kappa shape index (κ3) is 4.68. The Bertz CT molecular complexity index is 2280. The average molecular weight is 693 g/mol. The number of nitrogens with zero attached hydrogens (tertiary/aromatic N) is 2. The van der Waals surface area contributed by atoms with Crippen LogP contribution in [0.3, 0.4) is 0 Å². The third-order valence-corrected chi connectivity index (χ3v) is 10.0. The highest BCUT2D eigenvalue weighted by Gasteiger charge is 2.28. The lowest BCUT2D eigenvalue weighted by molar-refractivity contribution is 0.0920. The topological polar surface area (TPSA) is 105 Å². The van der Waals surface area contributed by atoms with Crippen molar-refractivity contribution < 1.29 is 32.9 Å². The number of rotatable bonds is 2. The van der Waals surface area contributed by atoms with E-state index in [4.69, 9.17) is 30.5 Å². The van der Waals surface area contributed by atoms with E-state index in [9.17, 15) is 14.0 Å². The Hall–Kier alpha value is -5.68. The monoisotopic (exact) mass is 692 g/mol. The molecule has 4 aliphatic heterocycles. The standard InChI is InChI=1S/C19H15ClN2O3.C19H15FN2O3/c2*1-10-13-7-12(20)8-14(11-2-3-15-16(6-11)25-9-24-15)18(13)22-5-4-21-19(23)17(10)22/h2*2-3,6-8H,4-5,9H2,1H3,(H,21,23). The number of fused-ring (bicyclic) bond motifs is 8. The molecule has 0 aliphatic carbocycles. The van der Waals surface area contributed by atoms with Gasteiger partial charge in [-0.25, -0.2) is 4.39 Å². The van der Waals surface area contributed by atoms with Crippen LogP contribution in [0.1, 0.15) is 32.1 Å². The van der Waals surface area contributed by atoms with Crippen LogP contribution in [-0.2, 0) is 13.1 Å². The fourth-order valence-electron chi connectivity index (χ4n) is 7.57. The van der Waals surface area contributed by atoms with Gasteiger partial charge in [-0.15, -0.1) is 0 Å². The molecule has 0 bridgehead atoms. The summed E-state index contributed by atoms with van der Waals surface area (Å²) < 4.78 is 40.1. The summed E-state index contributed by atoms with van der Waals surface area (Å²) in [6.07, 6.45) is 0. The van der Waals surface area contributed by atoms with Crippen LogP contribution in [0, 0.1) is 19.7 Å². The Morgan fingerprint density at radius 3 is 1.66 bits per heavy atom. The predicted molar refractivity (Wildman–Crippen MR) is 186 cm³/mol. The molecule has 252 valence electrons. The van der Waals surface area contributed by atoms with Gasteiger partial charge >= 0.3 is 0 Å². The van der Waals surface area contributed by atoms with E-state index in [-0.39, 0.29) is 31.2 Å². The van der Waals surface area contributed by atoms with Crippen molar-refractivity contribution in [3.8, 4) is 45.3 Å². The van der Waals surface area contributed by atoms with Crippen LogP contribution in [0.4, 0.5) is 4.39 Å². The Kier molecular flexibility index (Phi) is 6.96. The van der Waals surface area contributed by atoms with E-state index < -0.39 is 0 Å². The Morgan fingerprint density at radius 2 is 1.12 bits per heavy atom. The maximum atomic E-state index is 14.3. The van der Waals surface area contributed by atoms with Crippen molar-refractivity contribution in [2.24, 2.45) is 0 Å². The first kappa shape index (κ1) is 30.4. The minimum atomic E-state index is -0.327. The highest BCUT2D eigenvalue weighted by molar-refractivity contribution is 6.32. The number of carbonyl (C=O) groups excluding carboxylic acids is 2. The highest BCUT2D eigenvalue weighted by Crippen LogP contribution is 2.42. The fraction of sp³-hybridized carbons (Fsp3) is 0.211. The van der Waals surface area contributed by atoms with Gasteiger partial charge in [0.15, 0.2) is 23.0 Å². The molecule has 4 aromatic carbocycles. The molecule has 2 N–H and O–H groups in total. The molecule has 50 heavy (non-hydrogen) atoms. The van der Waals surface area contributed by atoms with Crippen LogP contribution in [0.15, 0.2) is 60.7 Å². The molecule has 2 aromatic heterocycles. The molecule has 6 heterocycles. The summed E-state index contributed by atoms with van der Waals surface area (Å²) in [5.74, 6) is 2.33. The van der Waals surface area contributed by atoms with Gasteiger partial charge in [0.25, 0.3) is 11.8 Å². The second-order valence-corrected chi connectivity index (χ2v) is 13.0. The Balaban J connectivity index is 0.000000135. The summed E-state index contributed by atoms with van der Waals surface area (Å²) in [5.41, 5.74) is 8.54. The molecule has 10 nitrogen and oxygen atoms in total. The van der Waals surface area contributed by atoms with Gasteiger partial charge in [-0.3, -0.25) is 9.59 Å². The summed E-state index contributed by atoms with van der Waals surface area (Å²) in [5, 5.41) is 8.19. The average Bonchev–Trinajstić information content (AvgIpc) is 3.90. The first-order valence-corrected chi connectivity index (χ1v) is 16.7. The quantitative estimate of drug-likeness (QED) is 0.203. The van der Waals surface area contributed by atoms with E-state index in [0.717, 1.165) is 73.2 Å². The number of halogens is 2. The van der Waals surface area contributed by atoms with E-state index in [1.165, 1.54) is 12.1 Å². The van der Waals surface area contributed by atoms with Gasteiger partial charge in [-0.2, -0.15) is 0 Å². The molecule has 0 atom stereocenters. The molecule has 10 rings (SSSR count). The fourth-order valence-corrected chi connectivity index (χ4v) is 7.78. The summed E-state index contributed by atoms with van der Waals surface area (Å²) in [6, 6.07) is 18.3. The minimum absolute atomic E-state index is 0.0345. The van der Waals surface area contributed by atoms with Crippen molar-refractivity contribution in [2.75, 3.05) is 26.7 Å². The number of aromatic nitrogens is 2. The molecule has 4 aliphatic rings. The number of aryl methyl sites for hydroxylation is 2. The zero-order valence-electron chi connectivity index (χ0n) is 27.1. The largest absolute Gasteiger partial charge is 0.454 e. The number of carbonyl (C=O) groups is 2. The predicted octanol–water partition coefficient (Wildman–Crippen LogP) is 6.97. The molecule has 6 aromatic rings. The lowest BCUT2D eigenvalue weighted by Crippen LogP contribution is -2.35. The zero-order chi connectivity index (χ0) is 34.3. The molecule has 2 amide bonds. The van der Waals surface area contributed by atoms with Crippen molar-refractivity contribution >= 4 is 45.2 Å². The van der Waals surface area contributed by atoms with Crippen LogP contribution in [0.25, 0.3) is 44.1 Å². The number of amides is 2. The van der Waals surface area contributed by atoms with Crippen molar-refractivity contribution in [2.45, 2.75) is 26.9 Å². The van der Waals surface area contributed by atoms with E-state index in [1.807, 2.05) is 66.9 Å². The summed E-state index contributed by atoms with van der Waals surface area (Å²) >= 11 is 6.40. The van der Waals surface area contributed by atoms with E-state index >= 15 is 0 Å². The SMILES string of the molecule is Cc1c2n(c3c(-c4ccc5c(c4)OCO5)cc(Cl)cc13)CCNC2=O.Cc1c2n(c3c(-c4ccc5c(c4)OCO5)cc(F)cc13)CCNC2=O. The first-order chi connectivity index (χ1) is 24.3. The molecule has 0 saturated carbocycles. The highest BCUT2D eigenvalue weighted by atomic mass is 35.5. The zero-order valence-corrected chi connectivity index (χ0v) is 27.9. The molecule has 0 saturated heterocycles. The second-order valence-electron chi connectivity index (χ2n) is 12.6. The molecular weight excluding hydrogens is 663 g/mol. The summed E-state index contributed by atoms with van der Waals surface area (Å²) in [6.45, 7) is 6.85. The molecule has 0 unspecified atom stereocenters. The van der Waals surface area contributed by atoms with Crippen LogP contribution in [0.2, 0.25) is 5.02 Å². The van der Waals surface area contributed by atoms with Crippen LogP contribution < -0.4 is 29.6 Å². The van der Waals surface area contributed by atoms with E-state index in [0.29, 0.717) is 47.5 Å². The van der Waals surface area contributed by atoms with E-state index in [2.05, 4.69) is 15.2 Å².